The zero-order valence-electron chi connectivity index (χ0n) is 9.53. The number of aryl methyl sites for hydroxylation is 1. The molecule has 0 heterocycles. The lowest BCUT2D eigenvalue weighted by Gasteiger charge is -2.31. The Balaban J connectivity index is 2.59. The third kappa shape index (κ3) is 1.84. The second-order valence-corrected chi connectivity index (χ2v) is 4.67. The Labute approximate surface area is 105 Å². The third-order valence-corrected chi connectivity index (χ3v) is 3.55. The quantitative estimate of drug-likeness (QED) is 0.461. The molecular weight excluding hydrogens is 240 g/mol. The monoisotopic (exact) mass is 252 g/mol. The van der Waals surface area contributed by atoms with Gasteiger partial charge in [0, 0.05) is 5.02 Å². The van der Waals surface area contributed by atoms with Crippen LogP contribution in [0, 0.1) is 0 Å². The molecule has 0 amide bonds. The third-order valence-electron chi connectivity index (χ3n) is 3.32. The number of hydrogen-bond donors (Lipinski definition) is 0. The van der Waals surface area contributed by atoms with Gasteiger partial charge in [0.15, 0.2) is 0 Å². The molecule has 1 aromatic carbocycles. The number of carbonyl (C=O) groups is 2. The number of benzene rings is 1. The number of methoxy groups -OCH3 is 1. The Bertz CT molecular complexity index is 470. The van der Waals surface area contributed by atoms with Crippen molar-refractivity contribution in [2.24, 2.45) is 0 Å². The number of esters is 1. The fourth-order valence-corrected chi connectivity index (χ4v) is 2.66. The predicted octanol–water partition coefficient (Wildman–Crippen LogP) is 2.29. The van der Waals surface area contributed by atoms with Gasteiger partial charge >= 0.3 is 5.97 Å². The Morgan fingerprint density at radius 3 is 2.94 bits per heavy atom. The van der Waals surface area contributed by atoms with Gasteiger partial charge in [0.05, 0.1) is 7.11 Å². The molecular formula is C13H13ClO3. The summed E-state index contributed by atoms with van der Waals surface area (Å²) in [7, 11) is 1.30. The highest BCUT2D eigenvalue weighted by molar-refractivity contribution is 6.30. The van der Waals surface area contributed by atoms with Gasteiger partial charge < -0.3 is 9.53 Å². The Morgan fingerprint density at radius 2 is 2.29 bits per heavy atom. The van der Waals surface area contributed by atoms with E-state index in [1.165, 1.54) is 7.11 Å². The molecule has 0 unspecified atom stereocenters. The molecule has 0 spiro atoms. The highest BCUT2D eigenvalue weighted by Crippen LogP contribution is 2.38. The van der Waals surface area contributed by atoms with Crippen LogP contribution in [0.25, 0.3) is 0 Å². The van der Waals surface area contributed by atoms with E-state index >= 15 is 0 Å². The number of carbonyl (C=O) groups excluding carboxylic acids is 2. The summed E-state index contributed by atoms with van der Waals surface area (Å²) in [5.41, 5.74) is 0.545. The van der Waals surface area contributed by atoms with Crippen molar-refractivity contribution in [3.63, 3.8) is 0 Å². The van der Waals surface area contributed by atoms with Crippen molar-refractivity contribution in [2.75, 3.05) is 7.11 Å². The largest absolute Gasteiger partial charge is 0.468 e. The van der Waals surface area contributed by atoms with Crippen LogP contribution in [0.2, 0.25) is 5.02 Å². The van der Waals surface area contributed by atoms with Gasteiger partial charge in [-0.05, 0) is 42.5 Å². The minimum absolute atomic E-state index is 0.490. The lowest BCUT2D eigenvalue weighted by molar-refractivity contribution is -0.150. The molecule has 90 valence electrons. The van der Waals surface area contributed by atoms with Gasteiger partial charge in [0.25, 0.3) is 0 Å². The average molecular weight is 253 g/mol. The van der Waals surface area contributed by atoms with Crippen molar-refractivity contribution in [3.05, 3.63) is 34.3 Å². The normalized spacial score (nSPS) is 22.7. The van der Waals surface area contributed by atoms with Crippen molar-refractivity contribution in [3.8, 4) is 0 Å². The summed E-state index contributed by atoms with van der Waals surface area (Å²) >= 11 is 5.92. The van der Waals surface area contributed by atoms with Crippen LogP contribution in [0.1, 0.15) is 24.0 Å². The van der Waals surface area contributed by atoms with Crippen LogP contribution >= 0.6 is 11.6 Å². The van der Waals surface area contributed by atoms with E-state index in [-0.39, 0.29) is 0 Å². The summed E-state index contributed by atoms with van der Waals surface area (Å²) in [6, 6.07) is 5.27. The molecule has 0 saturated carbocycles. The van der Waals surface area contributed by atoms with E-state index in [1.807, 2.05) is 6.07 Å². The van der Waals surface area contributed by atoms with Crippen LogP contribution in [-0.2, 0) is 26.2 Å². The van der Waals surface area contributed by atoms with E-state index in [2.05, 4.69) is 0 Å². The van der Waals surface area contributed by atoms with Crippen LogP contribution in [0.5, 0.6) is 0 Å². The van der Waals surface area contributed by atoms with Crippen LogP contribution < -0.4 is 0 Å². The summed E-state index contributed by atoms with van der Waals surface area (Å²) in [5, 5.41) is 0.621. The van der Waals surface area contributed by atoms with Gasteiger partial charge in [-0.2, -0.15) is 0 Å². The predicted molar refractivity (Wildman–Crippen MR) is 64.1 cm³/mol. The molecule has 17 heavy (non-hydrogen) atoms. The van der Waals surface area contributed by atoms with Crippen molar-refractivity contribution >= 4 is 23.9 Å². The summed E-state index contributed by atoms with van der Waals surface area (Å²) in [6.45, 7) is 0. The lowest BCUT2D eigenvalue weighted by atomic mass is 9.71. The fraction of sp³-hybridized carbons (Fsp3) is 0.385. The Hall–Kier alpha value is -1.35. The Morgan fingerprint density at radius 1 is 1.53 bits per heavy atom. The standard InChI is InChI=1S/C13H13ClO3/c1-17-12(16)13(8-15)6-2-3-9-7-10(14)4-5-11(9)13/h4-5,7-8H,2-3,6H2,1H3/t13-/m1/s1. The topological polar surface area (TPSA) is 43.4 Å². The van der Waals surface area contributed by atoms with E-state index < -0.39 is 11.4 Å². The first-order chi connectivity index (χ1) is 8.14. The molecule has 0 radical (unpaired) electrons. The highest BCUT2D eigenvalue weighted by atomic mass is 35.5. The molecule has 0 fully saturated rings. The maximum absolute atomic E-state index is 11.9. The van der Waals surface area contributed by atoms with Crippen molar-refractivity contribution in [1.29, 1.82) is 0 Å². The molecule has 1 atom stereocenters. The smallest absolute Gasteiger partial charge is 0.323 e. The van der Waals surface area contributed by atoms with Gasteiger partial charge in [0.2, 0.25) is 0 Å². The average Bonchev–Trinajstić information content (AvgIpc) is 2.36. The van der Waals surface area contributed by atoms with Crippen molar-refractivity contribution in [2.45, 2.75) is 24.7 Å². The second kappa shape index (κ2) is 4.49. The molecule has 1 aromatic rings. The first-order valence-electron chi connectivity index (χ1n) is 5.47. The molecule has 0 aromatic heterocycles. The summed E-state index contributed by atoms with van der Waals surface area (Å²) < 4.78 is 4.77. The number of rotatable bonds is 2. The van der Waals surface area contributed by atoms with Crippen molar-refractivity contribution < 1.29 is 14.3 Å². The molecule has 4 heteroatoms. The molecule has 0 aliphatic heterocycles. The number of ether oxygens (including phenoxy) is 1. The molecule has 1 aliphatic carbocycles. The maximum atomic E-state index is 11.9. The van der Waals surface area contributed by atoms with E-state index in [0.717, 1.165) is 24.0 Å². The van der Waals surface area contributed by atoms with Gasteiger partial charge in [0.1, 0.15) is 11.7 Å². The van der Waals surface area contributed by atoms with Gasteiger partial charge in [-0.15, -0.1) is 0 Å². The molecule has 0 saturated heterocycles. The molecule has 2 rings (SSSR count). The van der Waals surface area contributed by atoms with E-state index in [0.29, 0.717) is 17.7 Å². The van der Waals surface area contributed by atoms with Gasteiger partial charge in [-0.25, -0.2) is 0 Å². The van der Waals surface area contributed by atoms with Crippen LogP contribution in [-0.4, -0.2) is 19.4 Å². The van der Waals surface area contributed by atoms with Crippen LogP contribution in [0.15, 0.2) is 18.2 Å². The van der Waals surface area contributed by atoms with E-state index in [4.69, 9.17) is 16.3 Å². The maximum Gasteiger partial charge on any atom is 0.323 e. The summed E-state index contributed by atoms with van der Waals surface area (Å²) in [4.78, 5) is 23.3. The minimum Gasteiger partial charge on any atom is -0.468 e. The fourth-order valence-electron chi connectivity index (χ4n) is 2.46. The van der Waals surface area contributed by atoms with Crippen LogP contribution in [0.4, 0.5) is 0 Å². The highest BCUT2D eigenvalue weighted by Gasteiger charge is 2.44. The Kier molecular flexibility index (Phi) is 3.20. The van der Waals surface area contributed by atoms with E-state index in [9.17, 15) is 9.59 Å². The second-order valence-electron chi connectivity index (χ2n) is 4.24. The summed E-state index contributed by atoms with van der Waals surface area (Å²) in [5.74, 6) is -0.490. The lowest BCUT2D eigenvalue weighted by Crippen LogP contribution is -2.41. The van der Waals surface area contributed by atoms with Crippen LogP contribution in [0.3, 0.4) is 0 Å². The zero-order valence-corrected chi connectivity index (χ0v) is 10.3. The van der Waals surface area contributed by atoms with Gasteiger partial charge in [-0.3, -0.25) is 4.79 Å². The van der Waals surface area contributed by atoms with Crippen molar-refractivity contribution in [1.82, 2.24) is 0 Å². The zero-order chi connectivity index (χ0) is 12.5. The first-order valence-corrected chi connectivity index (χ1v) is 5.85. The minimum atomic E-state index is -1.15. The molecule has 3 nitrogen and oxygen atoms in total. The van der Waals surface area contributed by atoms with Gasteiger partial charge in [-0.1, -0.05) is 17.7 Å². The summed E-state index contributed by atoms with van der Waals surface area (Å²) in [6.07, 6.45) is 2.81. The number of fused-ring (bicyclic) bond motifs is 1. The van der Waals surface area contributed by atoms with E-state index in [1.54, 1.807) is 12.1 Å². The number of halogens is 1. The first kappa shape index (κ1) is 12.1. The molecule has 0 bridgehead atoms. The molecule has 1 aliphatic rings. The SMILES string of the molecule is COC(=O)[C@@]1(C=O)CCCc2cc(Cl)ccc21. The molecule has 0 N–H and O–H groups in total. The number of aldehydes is 1. The number of hydrogen-bond acceptors (Lipinski definition) is 3.